The molecule has 2 heterocycles. The summed E-state index contributed by atoms with van der Waals surface area (Å²) in [7, 11) is 1.45. The minimum atomic E-state index is -5.03. The number of nitrogens with one attached hydrogen (secondary N) is 1. The molecule has 56 heavy (non-hydrogen) atoms. The largest absolute Gasteiger partial charge is 0.490 e. The summed E-state index contributed by atoms with van der Waals surface area (Å²) in [6, 6.07) is 3.89. The zero-order valence-corrected chi connectivity index (χ0v) is 30.8. The molecule has 9 nitrogen and oxygen atoms in total. The van der Waals surface area contributed by atoms with E-state index in [1.54, 1.807) is 29.0 Å². The second-order valence-corrected chi connectivity index (χ2v) is 16.4. The predicted molar refractivity (Wildman–Crippen MR) is 188 cm³/mol. The fraction of sp³-hybridized carbons (Fsp3) is 0.641. The van der Waals surface area contributed by atoms with Gasteiger partial charge in [0.2, 0.25) is 5.92 Å². The fourth-order valence-corrected chi connectivity index (χ4v) is 9.62. The summed E-state index contributed by atoms with van der Waals surface area (Å²) in [5.41, 5.74) is -1.44. The van der Waals surface area contributed by atoms with Crippen molar-refractivity contribution in [2.45, 2.75) is 126 Å². The van der Waals surface area contributed by atoms with Crippen LogP contribution in [0.1, 0.15) is 106 Å². The second kappa shape index (κ2) is 15.4. The number of aromatic nitrogens is 3. The van der Waals surface area contributed by atoms with Crippen LogP contribution in [-0.2, 0) is 11.0 Å². The molecule has 7 rings (SSSR count). The van der Waals surface area contributed by atoms with Crippen LogP contribution in [-0.4, -0.2) is 80.3 Å². The van der Waals surface area contributed by atoms with Crippen LogP contribution in [0, 0.1) is 17.8 Å². The molecule has 0 aliphatic heterocycles. The summed E-state index contributed by atoms with van der Waals surface area (Å²) in [5.74, 6) is -4.93. The maximum Gasteiger partial charge on any atom is 0.434 e. The molecule has 0 spiro atoms. The molecule has 4 aliphatic rings. The molecule has 2 atom stereocenters. The van der Waals surface area contributed by atoms with E-state index in [0.29, 0.717) is 68.0 Å². The van der Waals surface area contributed by atoms with Gasteiger partial charge in [-0.15, -0.1) is 0 Å². The highest BCUT2D eigenvalue weighted by molar-refractivity contribution is 5.97. The topological polar surface area (TPSA) is 110 Å². The van der Waals surface area contributed by atoms with Gasteiger partial charge in [-0.1, -0.05) is 0 Å². The Morgan fingerprint density at radius 2 is 1.62 bits per heavy atom. The third-order valence-corrected chi connectivity index (χ3v) is 12.2. The zero-order valence-electron chi connectivity index (χ0n) is 30.8. The number of hydrogen-bond donors (Lipinski definition) is 2. The zero-order chi connectivity index (χ0) is 40.2. The highest BCUT2D eigenvalue weighted by atomic mass is 19.4. The Kier molecular flexibility index (Phi) is 11.0. The van der Waals surface area contributed by atoms with Crippen molar-refractivity contribution in [2.24, 2.45) is 17.8 Å². The first-order chi connectivity index (χ1) is 26.3. The predicted octanol–water partition coefficient (Wildman–Crippen LogP) is 9.06. The molecule has 2 aromatic heterocycles. The Balaban J connectivity index is 1.14. The van der Waals surface area contributed by atoms with Crippen LogP contribution in [0.4, 0.5) is 35.1 Å². The first-order valence-electron chi connectivity index (χ1n) is 19.3. The second-order valence-electron chi connectivity index (χ2n) is 16.4. The summed E-state index contributed by atoms with van der Waals surface area (Å²) in [5, 5.41) is 12.7. The summed E-state index contributed by atoms with van der Waals surface area (Å²) in [4.78, 5) is 34.4. The van der Waals surface area contributed by atoms with Gasteiger partial charge in [0.25, 0.3) is 5.91 Å². The number of rotatable bonds is 9. The van der Waals surface area contributed by atoms with Crippen molar-refractivity contribution in [3.05, 3.63) is 41.9 Å². The van der Waals surface area contributed by atoms with Gasteiger partial charge in [0.05, 0.1) is 29.6 Å². The third kappa shape index (κ3) is 9.07. The van der Waals surface area contributed by atoms with E-state index in [4.69, 9.17) is 4.74 Å². The number of alkyl halides is 8. The lowest BCUT2D eigenvalue weighted by atomic mass is 9.66. The molecule has 2 N–H and O–H groups in total. The number of aliphatic carboxylic acids is 1. The van der Waals surface area contributed by atoms with Crippen molar-refractivity contribution in [1.29, 1.82) is 0 Å². The van der Waals surface area contributed by atoms with Gasteiger partial charge >= 0.3 is 18.3 Å². The number of nitrogens with zero attached hydrogens (tertiary/aromatic N) is 4. The molecule has 4 aliphatic carbocycles. The maximum absolute atomic E-state index is 14.6. The summed E-state index contributed by atoms with van der Waals surface area (Å²) in [6.45, 7) is -1.00. The van der Waals surface area contributed by atoms with Gasteiger partial charge in [0.1, 0.15) is 5.75 Å². The van der Waals surface area contributed by atoms with E-state index in [2.05, 4.69) is 15.3 Å². The Labute approximate surface area is 318 Å². The van der Waals surface area contributed by atoms with E-state index in [0.717, 1.165) is 12.6 Å². The Bertz CT molecular complexity index is 1900. The smallest absolute Gasteiger partial charge is 0.434 e. The van der Waals surface area contributed by atoms with E-state index in [9.17, 15) is 49.8 Å². The molecule has 3 aromatic rings. The number of benzene rings is 1. The van der Waals surface area contributed by atoms with Gasteiger partial charge < -0.3 is 19.7 Å². The highest BCUT2D eigenvalue weighted by Crippen LogP contribution is 2.45. The molecule has 0 radical (unpaired) electrons. The van der Waals surface area contributed by atoms with Crippen molar-refractivity contribution >= 4 is 22.8 Å². The van der Waals surface area contributed by atoms with Crippen LogP contribution in [0.15, 0.2) is 30.6 Å². The average molecular weight is 800 g/mol. The number of carboxylic acids is 1. The SMILES string of the molecule is CN(CC(F)(F)F)[C@H]1CC[C@H](Oc2ccc3c(-c4ncc(C(=O)NC5CC6CC(C5)CC(C(=O)O)C6)c(C(F)(F)F)n4)cn(C4CCC(F)(F)CC4)c3c2)CC1. The van der Waals surface area contributed by atoms with Crippen molar-refractivity contribution in [3.8, 4) is 17.1 Å². The molecule has 4 fully saturated rings. The van der Waals surface area contributed by atoms with E-state index < -0.39 is 66.0 Å². The van der Waals surface area contributed by atoms with Crippen molar-refractivity contribution in [2.75, 3.05) is 13.6 Å². The molecule has 1 amide bonds. The van der Waals surface area contributed by atoms with Crippen LogP contribution in [0.5, 0.6) is 5.75 Å². The molecule has 306 valence electrons. The lowest BCUT2D eigenvalue weighted by Gasteiger charge is -2.41. The Hall–Kier alpha value is -4.02. The van der Waals surface area contributed by atoms with Crippen LogP contribution < -0.4 is 10.1 Å². The molecule has 1 aromatic carbocycles. The van der Waals surface area contributed by atoms with Crippen molar-refractivity contribution < 1.29 is 54.6 Å². The Morgan fingerprint density at radius 3 is 2.23 bits per heavy atom. The molecule has 2 unspecified atom stereocenters. The first kappa shape index (κ1) is 40.2. The fourth-order valence-electron chi connectivity index (χ4n) is 9.62. The van der Waals surface area contributed by atoms with Crippen LogP contribution in [0.3, 0.4) is 0 Å². The highest BCUT2D eigenvalue weighted by Gasteiger charge is 2.42. The van der Waals surface area contributed by atoms with Gasteiger partial charge in [-0.3, -0.25) is 14.5 Å². The summed E-state index contributed by atoms with van der Waals surface area (Å²) < 4.78 is 119. The number of carbonyl (C=O) groups is 2. The summed E-state index contributed by atoms with van der Waals surface area (Å²) in [6.07, 6.45) is -3.02. The number of ether oxygens (including phenoxy) is 1. The van der Waals surface area contributed by atoms with Gasteiger partial charge in [0.15, 0.2) is 11.5 Å². The van der Waals surface area contributed by atoms with E-state index >= 15 is 0 Å². The average Bonchev–Trinajstić information content (AvgIpc) is 3.49. The van der Waals surface area contributed by atoms with Gasteiger partial charge in [0, 0.05) is 60.4 Å². The minimum Gasteiger partial charge on any atom is -0.490 e. The standard InChI is InChI=1S/C39H45F8N5O4/c1-51(20-38(42,43)44)25-2-4-27(5-3-25)56-28-6-7-29-31(19-52(32(29)17-28)26-8-10-37(40,41)11-9-26)34-48-18-30(33(50-34)39(45,46)47)35(53)49-24-15-21-12-22(16-24)14-23(13-21)36(54)55/h6-7,17-19,21-27H,2-5,8-16,20H2,1H3,(H,49,53)(H,54,55)/t21?,22?,23?,24?,25-,27-. The molecule has 2 bridgehead atoms. The van der Waals surface area contributed by atoms with Crippen LogP contribution >= 0.6 is 0 Å². The normalized spacial score (nSPS) is 27.3. The van der Waals surface area contributed by atoms with Crippen molar-refractivity contribution in [1.82, 2.24) is 24.8 Å². The third-order valence-electron chi connectivity index (χ3n) is 12.2. The first-order valence-corrected chi connectivity index (χ1v) is 19.3. The molecular formula is C39H45F8N5O4. The molecular weight excluding hydrogens is 754 g/mol. The quantitative estimate of drug-likeness (QED) is 0.208. The number of fused-ring (bicyclic) bond motifs is 3. The number of hydrogen-bond acceptors (Lipinski definition) is 6. The number of amides is 1. The number of halogens is 8. The lowest BCUT2D eigenvalue weighted by molar-refractivity contribution is -0.149. The number of carbonyl (C=O) groups excluding carboxylic acids is 1. The van der Waals surface area contributed by atoms with Crippen LogP contribution in [0.2, 0.25) is 0 Å². The van der Waals surface area contributed by atoms with E-state index in [1.807, 2.05) is 0 Å². The maximum atomic E-state index is 14.6. The Morgan fingerprint density at radius 1 is 0.964 bits per heavy atom. The molecule has 0 saturated heterocycles. The van der Waals surface area contributed by atoms with Gasteiger partial charge in [-0.2, -0.15) is 26.3 Å². The van der Waals surface area contributed by atoms with Crippen molar-refractivity contribution in [3.63, 3.8) is 0 Å². The minimum absolute atomic E-state index is 0.0434. The van der Waals surface area contributed by atoms with Gasteiger partial charge in [-0.25, -0.2) is 18.7 Å². The monoisotopic (exact) mass is 799 g/mol. The van der Waals surface area contributed by atoms with E-state index in [1.165, 1.54) is 11.9 Å². The summed E-state index contributed by atoms with van der Waals surface area (Å²) >= 11 is 0. The van der Waals surface area contributed by atoms with Crippen LogP contribution in [0.25, 0.3) is 22.3 Å². The molecule has 17 heteroatoms. The van der Waals surface area contributed by atoms with Gasteiger partial charge in [-0.05, 0) is 102 Å². The number of carboxylic acid groups (broad SMARTS) is 1. The van der Waals surface area contributed by atoms with E-state index in [-0.39, 0.29) is 61.1 Å². The molecule has 4 saturated carbocycles. The lowest BCUT2D eigenvalue weighted by Crippen LogP contribution is -2.44.